The molecule has 1 aliphatic carbocycles. The first-order valence-electron chi connectivity index (χ1n) is 12.4. The molecule has 0 radical (unpaired) electrons. The number of nitrogens with zero attached hydrogens (tertiary/aromatic N) is 1. The minimum absolute atomic E-state index is 0.0798. The molecule has 32 heavy (non-hydrogen) atoms. The van der Waals surface area contributed by atoms with Gasteiger partial charge in [0.2, 0.25) is 0 Å². The molecule has 1 saturated heterocycles. The Labute approximate surface area is 192 Å². The van der Waals surface area contributed by atoms with E-state index in [1.807, 2.05) is 0 Å². The van der Waals surface area contributed by atoms with E-state index in [1.165, 1.54) is 53.5 Å². The van der Waals surface area contributed by atoms with Crippen LogP contribution in [0.3, 0.4) is 0 Å². The maximum Gasteiger partial charge on any atom is 0.409 e. The van der Waals surface area contributed by atoms with Crippen molar-refractivity contribution in [1.82, 2.24) is 4.90 Å². The maximum atomic E-state index is 12.7. The number of likely N-dealkylation sites (tertiary alicyclic amines) is 1. The highest BCUT2D eigenvalue weighted by molar-refractivity contribution is 5.79. The molecule has 4 nitrogen and oxygen atoms in total. The molecule has 0 saturated carbocycles. The third-order valence-corrected chi connectivity index (χ3v) is 7.28. The number of aliphatic hydroxyl groups excluding tert-OH is 1. The van der Waals surface area contributed by atoms with E-state index in [-0.39, 0.29) is 18.1 Å². The highest BCUT2D eigenvalue weighted by Crippen LogP contribution is 2.45. The van der Waals surface area contributed by atoms with E-state index in [0.29, 0.717) is 32.5 Å². The van der Waals surface area contributed by atoms with Gasteiger partial charge >= 0.3 is 6.09 Å². The number of aliphatic hydroxyl groups is 1. The number of hydrogen-bond donors (Lipinski definition) is 1. The Bertz CT molecular complexity index is 917. The summed E-state index contributed by atoms with van der Waals surface area (Å²) in [7, 11) is 0. The summed E-state index contributed by atoms with van der Waals surface area (Å²) in [4.78, 5) is 14.4. The molecule has 4 rings (SSSR count). The van der Waals surface area contributed by atoms with E-state index in [9.17, 15) is 9.90 Å². The van der Waals surface area contributed by atoms with Gasteiger partial charge in [-0.2, -0.15) is 0 Å². The van der Waals surface area contributed by atoms with Gasteiger partial charge in [0, 0.05) is 19.0 Å². The van der Waals surface area contributed by atoms with Crippen LogP contribution in [-0.2, 0) is 11.2 Å². The Morgan fingerprint density at radius 3 is 2.59 bits per heavy atom. The van der Waals surface area contributed by atoms with Crippen LogP contribution in [0.5, 0.6) is 0 Å². The van der Waals surface area contributed by atoms with Crippen LogP contribution in [0.25, 0.3) is 11.1 Å². The lowest BCUT2D eigenvalue weighted by Crippen LogP contribution is -2.40. The van der Waals surface area contributed by atoms with Gasteiger partial charge in [-0.15, -0.1) is 0 Å². The number of benzene rings is 2. The molecule has 1 heterocycles. The predicted octanol–water partition coefficient (Wildman–Crippen LogP) is 6.15. The van der Waals surface area contributed by atoms with E-state index in [2.05, 4.69) is 56.3 Å². The maximum absolute atomic E-state index is 12.7. The largest absolute Gasteiger partial charge is 0.448 e. The van der Waals surface area contributed by atoms with Crippen molar-refractivity contribution in [2.24, 2.45) is 5.92 Å². The third kappa shape index (κ3) is 5.01. The van der Waals surface area contributed by atoms with Crippen LogP contribution < -0.4 is 0 Å². The Hall–Kier alpha value is -2.33. The number of fused-ring (bicyclic) bond motifs is 3. The molecular formula is C28H37NO3. The SMILES string of the molecule is CCCCC(CC)Cc1ccc2c(c1)C(COC(=O)N1CCC(O)CC1)c1ccccc1-2. The predicted molar refractivity (Wildman–Crippen MR) is 129 cm³/mol. The number of rotatable bonds is 8. The molecule has 2 atom stereocenters. The molecule has 1 fully saturated rings. The number of amides is 1. The van der Waals surface area contributed by atoms with Crippen molar-refractivity contribution in [3.8, 4) is 11.1 Å². The van der Waals surface area contributed by atoms with E-state index in [0.717, 1.165) is 12.3 Å². The lowest BCUT2D eigenvalue weighted by molar-refractivity contribution is 0.0581. The molecule has 0 aromatic heterocycles. The standard InChI is InChI=1S/C28H37NO3/c1-3-5-8-20(4-2)17-21-11-12-25-23-9-6-7-10-24(23)27(26(25)18-21)19-32-28(31)29-15-13-22(30)14-16-29/h6-7,9-12,18,20,22,27,30H,3-5,8,13-17,19H2,1-2H3. The van der Waals surface area contributed by atoms with Crippen LogP contribution >= 0.6 is 0 Å². The van der Waals surface area contributed by atoms with Crippen molar-refractivity contribution >= 4 is 6.09 Å². The average Bonchev–Trinajstić information content (AvgIpc) is 3.13. The fourth-order valence-corrected chi connectivity index (χ4v) is 5.24. The number of ether oxygens (including phenoxy) is 1. The van der Waals surface area contributed by atoms with Crippen LogP contribution in [0.4, 0.5) is 4.79 Å². The van der Waals surface area contributed by atoms with Crippen LogP contribution in [0.15, 0.2) is 42.5 Å². The molecule has 1 N–H and O–H groups in total. The zero-order valence-corrected chi connectivity index (χ0v) is 19.6. The first-order valence-corrected chi connectivity index (χ1v) is 12.4. The topological polar surface area (TPSA) is 49.8 Å². The van der Waals surface area contributed by atoms with Gasteiger partial charge in [-0.25, -0.2) is 4.79 Å². The van der Waals surface area contributed by atoms with Crippen molar-refractivity contribution in [3.63, 3.8) is 0 Å². The molecule has 2 unspecified atom stereocenters. The number of piperidine rings is 1. The first-order chi connectivity index (χ1) is 15.6. The molecule has 0 spiro atoms. The molecule has 172 valence electrons. The Morgan fingerprint density at radius 1 is 1.09 bits per heavy atom. The van der Waals surface area contributed by atoms with E-state index < -0.39 is 0 Å². The van der Waals surface area contributed by atoms with Gasteiger partial charge < -0.3 is 14.7 Å². The number of unbranched alkanes of at least 4 members (excludes halogenated alkanes) is 1. The Kier molecular flexibility index (Phi) is 7.51. The molecule has 2 aliphatic rings. The zero-order chi connectivity index (χ0) is 22.5. The average molecular weight is 436 g/mol. The highest BCUT2D eigenvalue weighted by atomic mass is 16.6. The van der Waals surface area contributed by atoms with Crippen LogP contribution in [0.2, 0.25) is 0 Å². The van der Waals surface area contributed by atoms with Crippen molar-refractivity contribution in [2.75, 3.05) is 19.7 Å². The minimum Gasteiger partial charge on any atom is -0.448 e. The summed E-state index contributed by atoms with van der Waals surface area (Å²) in [5.74, 6) is 0.804. The molecule has 1 amide bonds. The normalized spacial score (nSPS) is 18.8. The molecule has 2 aromatic rings. The monoisotopic (exact) mass is 435 g/mol. The van der Waals surface area contributed by atoms with Crippen LogP contribution in [0, 0.1) is 5.92 Å². The van der Waals surface area contributed by atoms with E-state index >= 15 is 0 Å². The molecule has 1 aliphatic heterocycles. The molecular weight excluding hydrogens is 398 g/mol. The summed E-state index contributed by atoms with van der Waals surface area (Å²) in [6, 6.07) is 15.4. The van der Waals surface area contributed by atoms with Crippen molar-refractivity contribution < 1.29 is 14.6 Å². The molecule has 2 aromatic carbocycles. The van der Waals surface area contributed by atoms with Gasteiger partial charge in [0.15, 0.2) is 0 Å². The van der Waals surface area contributed by atoms with Crippen molar-refractivity contribution in [3.05, 3.63) is 59.2 Å². The molecule has 0 bridgehead atoms. The summed E-state index contributed by atoms with van der Waals surface area (Å²) < 4.78 is 5.81. The van der Waals surface area contributed by atoms with E-state index in [1.54, 1.807) is 4.90 Å². The number of hydrogen-bond acceptors (Lipinski definition) is 3. The lowest BCUT2D eigenvalue weighted by Gasteiger charge is -2.29. The Morgan fingerprint density at radius 2 is 1.84 bits per heavy atom. The second-order valence-corrected chi connectivity index (χ2v) is 9.48. The fraction of sp³-hybridized carbons (Fsp3) is 0.536. The summed E-state index contributed by atoms with van der Waals surface area (Å²) in [6.45, 7) is 6.05. The van der Waals surface area contributed by atoms with Gasteiger partial charge in [-0.3, -0.25) is 0 Å². The highest BCUT2D eigenvalue weighted by Gasteiger charge is 2.31. The van der Waals surface area contributed by atoms with Crippen LogP contribution in [0.1, 0.15) is 75.0 Å². The first kappa shape index (κ1) is 22.8. The number of carbonyl (C=O) groups is 1. The fourth-order valence-electron chi connectivity index (χ4n) is 5.24. The molecule has 4 heteroatoms. The number of carbonyl (C=O) groups excluding carboxylic acids is 1. The quantitative estimate of drug-likeness (QED) is 0.541. The second-order valence-electron chi connectivity index (χ2n) is 9.48. The zero-order valence-electron chi connectivity index (χ0n) is 19.6. The summed E-state index contributed by atoms with van der Waals surface area (Å²) in [5, 5.41) is 9.70. The van der Waals surface area contributed by atoms with Crippen molar-refractivity contribution in [2.45, 2.75) is 70.8 Å². The van der Waals surface area contributed by atoms with Gasteiger partial charge in [-0.05, 0) is 53.0 Å². The van der Waals surface area contributed by atoms with Gasteiger partial charge in [0.1, 0.15) is 6.61 Å². The second kappa shape index (κ2) is 10.5. The van der Waals surface area contributed by atoms with Gasteiger partial charge in [0.05, 0.1) is 6.10 Å². The third-order valence-electron chi connectivity index (χ3n) is 7.28. The summed E-state index contributed by atoms with van der Waals surface area (Å²) in [5.41, 5.74) is 6.46. The van der Waals surface area contributed by atoms with Crippen LogP contribution in [-0.4, -0.2) is 41.9 Å². The van der Waals surface area contributed by atoms with Crippen molar-refractivity contribution in [1.29, 1.82) is 0 Å². The minimum atomic E-state index is -0.296. The van der Waals surface area contributed by atoms with Gasteiger partial charge in [0.25, 0.3) is 0 Å². The van der Waals surface area contributed by atoms with Gasteiger partial charge in [-0.1, -0.05) is 82.0 Å². The Balaban J connectivity index is 1.51. The lowest BCUT2D eigenvalue weighted by atomic mass is 9.89. The smallest absolute Gasteiger partial charge is 0.409 e. The summed E-state index contributed by atoms with van der Waals surface area (Å²) in [6.07, 6.45) is 6.86. The summed E-state index contributed by atoms with van der Waals surface area (Å²) >= 11 is 0. The van der Waals surface area contributed by atoms with E-state index in [4.69, 9.17) is 4.74 Å².